The average Bonchev–Trinajstić information content (AvgIpc) is 2.42. The molecule has 0 saturated carbocycles. The van der Waals surface area contributed by atoms with E-state index in [0.717, 1.165) is 10.0 Å². The molecule has 2 aromatic carbocycles. The van der Waals surface area contributed by atoms with Crippen LogP contribution in [0.3, 0.4) is 0 Å². The summed E-state index contributed by atoms with van der Waals surface area (Å²) in [5, 5.41) is 2.97. The zero-order valence-corrected chi connectivity index (χ0v) is 13.1. The summed E-state index contributed by atoms with van der Waals surface area (Å²) in [6.45, 7) is 4.00. The Bertz CT molecular complexity index is 623. The van der Waals surface area contributed by atoms with Gasteiger partial charge in [-0.25, -0.2) is 0 Å². The molecule has 20 heavy (non-hydrogen) atoms. The van der Waals surface area contributed by atoms with Crippen molar-refractivity contribution < 1.29 is 4.79 Å². The van der Waals surface area contributed by atoms with E-state index in [9.17, 15) is 4.79 Å². The summed E-state index contributed by atoms with van der Waals surface area (Å²) >= 11 is 3.32. The van der Waals surface area contributed by atoms with Crippen molar-refractivity contribution in [1.82, 2.24) is 5.32 Å². The predicted octanol–water partition coefficient (Wildman–Crippen LogP) is 3.83. The number of hydrogen-bond donors (Lipinski definition) is 2. The van der Waals surface area contributed by atoms with Crippen LogP contribution in [-0.2, 0) is 0 Å². The molecular formula is C16H17BrN2O. The van der Waals surface area contributed by atoms with Crippen LogP contribution in [0.5, 0.6) is 0 Å². The third-order valence-corrected chi connectivity index (χ3v) is 3.91. The molecule has 0 aliphatic rings. The Morgan fingerprint density at radius 1 is 1.20 bits per heavy atom. The van der Waals surface area contributed by atoms with Gasteiger partial charge in [0.15, 0.2) is 0 Å². The number of hydrogen-bond acceptors (Lipinski definition) is 2. The van der Waals surface area contributed by atoms with Crippen molar-refractivity contribution in [1.29, 1.82) is 0 Å². The van der Waals surface area contributed by atoms with Gasteiger partial charge in [0.05, 0.1) is 6.04 Å². The molecule has 0 spiro atoms. The van der Waals surface area contributed by atoms with Crippen LogP contribution in [0.25, 0.3) is 0 Å². The first-order valence-corrected chi connectivity index (χ1v) is 7.19. The smallest absolute Gasteiger partial charge is 0.251 e. The summed E-state index contributed by atoms with van der Waals surface area (Å²) in [5.74, 6) is -0.128. The Morgan fingerprint density at radius 3 is 2.45 bits per heavy atom. The highest BCUT2D eigenvalue weighted by Gasteiger charge is 2.12. The van der Waals surface area contributed by atoms with Gasteiger partial charge in [-0.15, -0.1) is 0 Å². The van der Waals surface area contributed by atoms with E-state index in [-0.39, 0.29) is 11.9 Å². The van der Waals surface area contributed by atoms with E-state index >= 15 is 0 Å². The van der Waals surface area contributed by atoms with Gasteiger partial charge >= 0.3 is 0 Å². The zero-order chi connectivity index (χ0) is 14.7. The second kappa shape index (κ2) is 6.09. The van der Waals surface area contributed by atoms with Crippen molar-refractivity contribution >= 4 is 27.5 Å². The van der Waals surface area contributed by atoms with Crippen molar-refractivity contribution in [2.75, 3.05) is 5.73 Å². The van der Waals surface area contributed by atoms with Crippen LogP contribution < -0.4 is 11.1 Å². The van der Waals surface area contributed by atoms with Gasteiger partial charge in [0.1, 0.15) is 0 Å². The van der Waals surface area contributed by atoms with Crippen molar-refractivity contribution in [2.24, 2.45) is 0 Å². The van der Waals surface area contributed by atoms with Crippen LogP contribution in [0.2, 0.25) is 0 Å². The van der Waals surface area contributed by atoms with Crippen LogP contribution in [0, 0.1) is 6.92 Å². The standard InChI is InChI=1S/C16H17BrN2O/c1-10-3-5-12(6-4-10)11(2)19-16(20)13-7-8-14(17)15(18)9-13/h3-9,11H,18H2,1-2H3,(H,19,20)/t11-/m0/s1. The van der Waals surface area contributed by atoms with E-state index in [1.165, 1.54) is 5.56 Å². The molecule has 3 nitrogen and oxygen atoms in total. The molecule has 1 atom stereocenters. The molecule has 104 valence electrons. The largest absolute Gasteiger partial charge is 0.398 e. The fourth-order valence-electron chi connectivity index (χ4n) is 1.90. The number of nitrogens with one attached hydrogen (secondary N) is 1. The van der Waals surface area contributed by atoms with Crippen LogP contribution in [0.4, 0.5) is 5.69 Å². The summed E-state index contributed by atoms with van der Waals surface area (Å²) in [6.07, 6.45) is 0. The lowest BCUT2D eigenvalue weighted by molar-refractivity contribution is 0.0940. The van der Waals surface area contributed by atoms with Crippen LogP contribution >= 0.6 is 15.9 Å². The van der Waals surface area contributed by atoms with Crippen LogP contribution in [-0.4, -0.2) is 5.91 Å². The SMILES string of the molecule is Cc1ccc([C@H](C)NC(=O)c2ccc(Br)c(N)c2)cc1. The van der Waals surface area contributed by atoms with Crippen LogP contribution in [0.15, 0.2) is 46.9 Å². The highest BCUT2D eigenvalue weighted by molar-refractivity contribution is 9.10. The topological polar surface area (TPSA) is 55.1 Å². The van der Waals surface area contributed by atoms with Gasteiger partial charge in [0.2, 0.25) is 0 Å². The average molecular weight is 333 g/mol. The van der Waals surface area contributed by atoms with E-state index < -0.39 is 0 Å². The number of rotatable bonds is 3. The summed E-state index contributed by atoms with van der Waals surface area (Å²) in [7, 11) is 0. The molecule has 4 heteroatoms. The number of nitrogens with two attached hydrogens (primary N) is 1. The molecule has 0 saturated heterocycles. The zero-order valence-electron chi connectivity index (χ0n) is 11.5. The first-order chi connectivity index (χ1) is 9.47. The van der Waals surface area contributed by atoms with Crippen molar-refractivity contribution in [3.63, 3.8) is 0 Å². The van der Waals surface area contributed by atoms with E-state index in [1.807, 2.05) is 38.1 Å². The maximum atomic E-state index is 12.2. The van der Waals surface area contributed by atoms with Crippen molar-refractivity contribution in [3.8, 4) is 0 Å². The molecule has 0 heterocycles. The van der Waals surface area contributed by atoms with E-state index in [1.54, 1.807) is 18.2 Å². The fourth-order valence-corrected chi connectivity index (χ4v) is 2.15. The Hall–Kier alpha value is -1.81. The van der Waals surface area contributed by atoms with Crippen molar-refractivity contribution in [3.05, 3.63) is 63.6 Å². The highest BCUT2D eigenvalue weighted by Crippen LogP contribution is 2.21. The first-order valence-electron chi connectivity index (χ1n) is 6.40. The lowest BCUT2D eigenvalue weighted by Gasteiger charge is -2.15. The lowest BCUT2D eigenvalue weighted by atomic mass is 10.1. The monoisotopic (exact) mass is 332 g/mol. The Morgan fingerprint density at radius 2 is 1.85 bits per heavy atom. The molecule has 0 aliphatic heterocycles. The van der Waals surface area contributed by atoms with Gasteiger partial charge in [0, 0.05) is 15.7 Å². The number of amides is 1. The number of halogens is 1. The maximum absolute atomic E-state index is 12.2. The predicted molar refractivity (Wildman–Crippen MR) is 85.6 cm³/mol. The number of benzene rings is 2. The molecule has 0 unspecified atom stereocenters. The molecular weight excluding hydrogens is 316 g/mol. The van der Waals surface area contributed by atoms with E-state index in [4.69, 9.17) is 5.73 Å². The second-order valence-electron chi connectivity index (χ2n) is 4.84. The Balaban J connectivity index is 2.10. The Labute approximate surface area is 127 Å². The molecule has 1 amide bonds. The van der Waals surface area contributed by atoms with Crippen molar-refractivity contribution in [2.45, 2.75) is 19.9 Å². The fraction of sp³-hybridized carbons (Fsp3) is 0.188. The minimum absolute atomic E-state index is 0.0482. The molecule has 0 aliphatic carbocycles. The molecule has 3 N–H and O–H groups in total. The van der Waals surface area contributed by atoms with Crippen LogP contribution in [0.1, 0.15) is 34.5 Å². The lowest BCUT2D eigenvalue weighted by Crippen LogP contribution is -2.26. The number of anilines is 1. The maximum Gasteiger partial charge on any atom is 0.251 e. The summed E-state index contributed by atoms with van der Waals surface area (Å²) in [6, 6.07) is 13.3. The minimum Gasteiger partial charge on any atom is -0.398 e. The van der Waals surface area contributed by atoms with Gasteiger partial charge in [-0.05, 0) is 53.5 Å². The Kier molecular flexibility index (Phi) is 4.45. The van der Waals surface area contributed by atoms with Gasteiger partial charge in [-0.2, -0.15) is 0 Å². The number of carbonyl (C=O) groups excluding carboxylic acids is 1. The quantitative estimate of drug-likeness (QED) is 0.839. The number of carbonyl (C=O) groups is 1. The molecule has 0 fully saturated rings. The second-order valence-corrected chi connectivity index (χ2v) is 5.70. The molecule has 0 bridgehead atoms. The molecule has 2 aromatic rings. The van der Waals surface area contributed by atoms with E-state index in [0.29, 0.717) is 11.3 Å². The normalized spacial score (nSPS) is 11.9. The van der Waals surface area contributed by atoms with E-state index in [2.05, 4.69) is 21.2 Å². The number of aryl methyl sites for hydroxylation is 1. The molecule has 2 rings (SSSR count). The third kappa shape index (κ3) is 3.39. The highest BCUT2D eigenvalue weighted by atomic mass is 79.9. The third-order valence-electron chi connectivity index (χ3n) is 3.18. The molecule has 0 radical (unpaired) electrons. The summed E-state index contributed by atoms with van der Waals surface area (Å²) in [5.41, 5.74) is 9.19. The van der Waals surface area contributed by atoms with Gasteiger partial charge in [0.25, 0.3) is 5.91 Å². The van der Waals surface area contributed by atoms with Gasteiger partial charge in [-0.3, -0.25) is 4.79 Å². The number of nitrogen functional groups attached to an aromatic ring is 1. The van der Waals surface area contributed by atoms with Gasteiger partial charge in [-0.1, -0.05) is 29.8 Å². The minimum atomic E-state index is -0.128. The first kappa shape index (κ1) is 14.6. The van der Waals surface area contributed by atoms with Gasteiger partial charge < -0.3 is 11.1 Å². The summed E-state index contributed by atoms with van der Waals surface area (Å²) < 4.78 is 0.792. The summed E-state index contributed by atoms with van der Waals surface area (Å²) in [4.78, 5) is 12.2. The molecule has 0 aromatic heterocycles.